The van der Waals surface area contributed by atoms with Crippen molar-refractivity contribution in [3.05, 3.63) is 51.2 Å². The van der Waals surface area contributed by atoms with Crippen LogP contribution < -0.4 is 4.90 Å². The number of halogens is 1. The van der Waals surface area contributed by atoms with Crippen molar-refractivity contribution < 1.29 is 14.3 Å². The number of anilines is 1. The normalized spacial score (nSPS) is 10.4. The number of carbonyl (C=O) groups is 2. The highest BCUT2D eigenvalue weighted by Gasteiger charge is 2.14. The molecule has 23 heavy (non-hydrogen) atoms. The van der Waals surface area contributed by atoms with E-state index < -0.39 is 5.97 Å². The number of ketones is 1. The molecule has 0 saturated carbocycles. The molecule has 0 atom stereocenters. The second kappa shape index (κ2) is 8.13. The van der Waals surface area contributed by atoms with Crippen LogP contribution in [0.5, 0.6) is 0 Å². The summed E-state index contributed by atoms with van der Waals surface area (Å²) in [5.74, 6) is -0.762. The Hall–Kier alpha value is -1.85. The van der Waals surface area contributed by atoms with Gasteiger partial charge in [0.05, 0.1) is 14.8 Å². The molecule has 0 spiro atoms. The van der Waals surface area contributed by atoms with Crippen LogP contribution in [0.3, 0.4) is 0 Å². The van der Waals surface area contributed by atoms with E-state index in [0.717, 1.165) is 18.8 Å². The Morgan fingerprint density at radius 2 is 1.74 bits per heavy atom. The average Bonchev–Trinajstić information content (AvgIpc) is 3.00. The zero-order valence-electron chi connectivity index (χ0n) is 13.0. The summed E-state index contributed by atoms with van der Waals surface area (Å²) < 4.78 is 5.60. The molecule has 1 aromatic heterocycles. The minimum Gasteiger partial charge on any atom is -0.454 e. The lowest BCUT2D eigenvalue weighted by molar-refractivity contribution is 0.0476. The number of benzene rings is 1. The molecule has 0 aliphatic heterocycles. The SMILES string of the molecule is CCN(CC)c1ccc(C(=O)OCC(=O)c2ccc(Cl)s2)cc1. The molecule has 122 valence electrons. The minimum absolute atomic E-state index is 0.255. The van der Waals surface area contributed by atoms with Crippen molar-refractivity contribution >= 4 is 40.4 Å². The van der Waals surface area contributed by atoms with Crippen LogP contribution >= 0.6 is 22.9 Å². The largest absolute Gasteiger partial charge is 0.454 e. The first-order valence-electron chi connectivity index (χ1n) is 7.35. The predicted molar refractivity (Wildman–Crippen MR) is 93.9 cm³/mol. The van der Waals surface area contributed by atoms with E-state index in [1.54, 1.807) is 24.3 Å². The smallest absolute Gasteiger partial charge is 0.338 e. The first kappa shape index (κ1) is 17.5. The number of esters is 1. The van der Waals surface area contributed by atoms with E-state index in [1.165, 1.54) is 11.3 Å². The summed E-state index contributed by atoms with van der Waals surface area (Å²) in [6.07, 6.45) is 0. The first-order valence-corrected chi connectivity index (χ1v) is 8.55. The fourth-order valence-corrected chi connectivity index (χ4v) is 3.11. The van der Waals surface area contributed by atoms with E-state index in [2.05, 4.69) is 18.7 Å². The summed E-state index contributed by atoms with van der Waals surface area (Å²) >= 11 is 6.95. The van der Waals surface area contributed by atoms with E-state index in [1.807, 2.05) is 12.1 Å². The summed E-state index contributed by atoms with van der Waals surface area (Å²) in [6, 6.07) is 10.5. The Bertz CT molecular complexity index is 677. The molecule has 0 radical (unpaired) electrons. The third-order valence-corrected chi connectivity index (χ3v) is 4.69. The second-order valence-electron chi connectivity index (χ2n) is 4.82. The number of ether oxygens (including phenoxy) is 1. The maximum Gasteiger partial charge on any atom is 0.338 e. The van der Waals surface area contributed by atoms with Gasteiger partial charge in [0.25, 0.3) is 0 Å². The summed E-state index contributed by atoms with van der Waals surface area (Å²) in [5.41, 5.74) is 1.48. The van der Waals surface area contributed by atoms with Crippen LogP contribution in [0.4, 0.5) is 5.69 Å². The summed E-state index contributed by atoms with van der Waals surface area (Å²) in [7, 11) is 0. The molecular weight excluding hydrogens is 334 g/mol. The summed E-state index contributed by atoms with van der Waals surface area (Å²) in [6.45, 7) is 5.67. The van der Waals surface area contributed by atoms with Gasteiger partial charge in [-0.2, -0.15) is 0 Å². The number of carbonyl (C=O) groups excluding carboxylic acids is 2. The predicted octanol–water partition coefficient (Wildman–Crippen LogP) is 4.29. The topological polar surface area (TPSA) is 46.6 Å². The van der Waals surface area contributed by atoms with Crippen LogP contribution in [0.25, 0.3) is 0 Å². The number of hydrogen-bond acceptors (Lipinski definition) is 5. The van der Waals surface area contributed by atoms with E-state index in [-0.39, 0.29) is 12.4 Å². The lowest BCUT2D eigenvalue weighted by Gasteiger charge is -2.20. The Kier molecular flexibility index (Phi) is 6.19. The quantitative estimate of drug-likeness (QED) is 0.551. The number of rotatable bonds is 7. The average molecular weight is 352 g/mol. The van der Waals surface area contributed by atoms with Gasteiger partial charge in [-0.3, -0.25) is 4.79 Å². The van der Waals surface area contributed by atoms with E-state index in [0.29, 0.717) is 14.8 Å². The molecular formula is C17H18ClNO3S. The Morgan fingerprint density at radius 1 is 1.09 bits per heavy atom. The van der Waals surface area contributed by atoms with Crippen LogP contribution in [-0.4, -0.2) is 31.4 Å². The molecule has 0 N–H and O–H groups in total. The third kappa shape index (κ3) is 4.56. The van der Waals surface area contributed by atoms with Gasteiger partial charge in [0, 0.05) is 18.8 Å². The van der Waals surface area contributed by atoms with E-state index in [9.17, 15) is 9.59 Å². The second-order valence-corrected chi connectivity index (χ2v) is 6.54. The zero-order valence-corrected chi connectivity index (χ0v) is 14.6. The third-order valence-electron chi connectivity index (χ3n) is 3.41. The van der Waals surface area contributed by atoms with Gasteiger partial charge >= 0.3 is 5.97 Å². The molecule has 0 bridgehead atoms. The van der Waals surface area contributed by atoms with Crippen LogP contribution in [0.15, 0.2) is 36.4 Å². The highest BCUT2D eigenvalue weighted by molar-refractivity contribution is 7.18. The molecule has 4 nitrogen and oxygen atoms in total. The highest BCUT2D eigenvalue weighted by Crippen LogP contribution is 2.22. The van der Waals surface area contributed by atoms with Crippen LogP contribution in [0.1, 0.15) is 33.9 Å². The lowest BCUT2D eigenvalue weighted by Crippen LogP contribution is -2.21. The summed E-state index contributed by atoms with van der Waals surface area (Å²) in [4.78, 5) is 26.5. The van der Waals surface area contributed by atoms with Gasteiger partial charge in [0.1, 0.15) is 0 Å². The molecule has 0 aliphatic rings. The fraction of sp³-hybridized carbons (Fsp3) is 0.294. The van der Waals surface area contributed by atoms with E-state index >= 15 is 0 Å². The highest BCUT2D eigenvalue weighted by atomic mass is 35.5. The molecule has 1 aromatic carbocycles. The summed E-state index contributed by atoms with van der Waals surface area (Å²) in [5, 5.41) is 0. The molecule has 0 aliphatic carbocycles. The first-order chi connectivity index (χ1) is 11.0. The van der Waals surface area contributed by atoms with Gasteiger partial charge in [-0.15, -0.1) is 11.3 Å². The molecule has 2 rings (SSSR count). The minimum atomic E-state index is -0.507. The Morgan fingerprint density at radius 3 is 2.26 bits per heavy atom. The maximum absolute atomic E-state index is 12.0. The number of Topliss-reactive ketones (excluding diaryl/α,β-unsaturated/α-hetero) is 1. The van der Waals surface area contributed by atoms with Crippen molar-refractivity contribution in [1.29, 1.82) is 0 Å². The lowest BCUT2D eigenvalue weighted by atomic mass is 10.2. The van der Waals surface area contributed by atoms with Gasteiger partial charge in [-0.05, 0) is 50.2 Å². The molecule has 1 heterocycles. The molecule has 0 saturated heterocycles. The molecule has 2 aromatic rings. The standard InChI is InChI=1S/C17H18ClNO3S/c1-3-19(4-2)13-7-5-12(6-8-13)17(21)22-11-14(20)15-9-10-16(18)23-15/h5-10H,3-4,11H2,1-2H3. The van der Waals surface area contributed by atoms with Crippen molar-refractivity contribution in [3.8, 4) is 0 Å². The molecule has 0 fully saturated rings. The number of thiophene rings is 1. The zero-order chi connectivity index (χ0) is 16.8. The fourth-order valence-electron chi connectivity index (χ4n) is 2.15. The number of nitrogens with zero attached hydrogens (tertiary/aromatic N) is 1. The van der Waals surface area contributed by atoms with Gasteiger partial charge in [-0.25, -0.2) is 4.79 Å². The van der Waals surface area contributed by atoms with Gasteiger partial charge < -0.3 is 9.64 Å². The van der Waals surface area contributed by atoms with Gasteiger partial charge in [0.15, 0.2) is 6.61 Å². The van der Waals surface area contributed by atoms with Crippen LogP contribution in [-0.2, 0) is 4.74 Å². The monoisotopic (exact) mass is 351 g/mol. The van der Waals surface area contributed by atoms with Crippen molar-refractivity contribution in [1.82, 2.24) is 0 Å². The van der Waals surface area contributed by atoms with Crippen molar-refractivity contribution in [2.75, 3.05) is 24.6 Å². The van der Waals surface area contributed by atoms with Crippen molar-refractivity contribution in [2.24, 2.45) is 0 Å². The van der Waals surface area contributed by atoms with Crippen LogP contribution in [0, 0.1) is 0 Å². The van der Waals surface area contributed by atoms with Gasteiger partial charge in [0.2, 0.25) is 5.78 Å². The molecule has 0 amide bonds. The maximum atomic E-state index is 12.0. The Labute approximate surface area is 144 Å². The van der Waals surface area contributed by atoms with E-state index in [4.69, 9.17) is 16.3 Å². The van der Waals surface area contributed by atoms with Crippen molar-refractivity contribution in [2.45, 2.75) is 13.8 Å². The molecule has 0 unspecified atom stereocenters. The van der Waals surface area contributed by atoms with Crippen LogP contribution in [0.2, 0.25) is 4.34 Å². The molecule has 6 heteroatoms. The van der Waals surface area contributed by atoms with Gasteiger partial charge in [-0.1, -0.05) is 11.6 Å². The van der Waals surface area contributed by atoms with Crippen molar-refractivity contribution in [3.63, 3.8) is 0 Å². The number of hydrogen-bond donors (Lipinski definition) is 0. The Balaban J connectivity index is 1.94.